The summed E-state index contributed by atoms with van der Waals surface area (Å²) in [5.74, 6) is -0.345. The van der Waals surface area contributed by atoms with Gasteiger partial charge in [0, 0.05) is 6.54 Å². The van der Waals surface area contributed by atoms with Crippen molar-refractivity contribution in [1.29, 1.82) is 0 Å². The largest absolute Gasteiger partial charge is 0.393 e. The molecule has 4 fully saturated rings. The molecule has 226 valence electrons. The van der Waals surface area contributed by atoms with E-state index in [1.54, 1.807) is 6.92 Å². The molecule has 0 bridgehead atoms. The molecular weight excluding hydrogens is 522 g/mol. The van der Waals surface area contributed by atoms with Crippen LogP contribution >= 0.6 is 0 Å². The number of carbonyl (C=O) groups excluding carboxylic acids is 1. The zero-order valence-electron chi connectivity index (χ0n) is 24.0. The molecule has 10 heteroatoms. The summed E-state index contributed by atoms with van der Waals surface area (Å²) in [6.45, 7) is 8.11. The molecule has 0 aliphatic heterocycles. The fraction of sp³-hybridized carbons (Fsp3) is 0.966. The SMILES string of the molecule is CC(CCC(O)C(C)C(=O)NCCS(=O)(=O)O)C1CCC2C3C(O)CC4CC(O)CCC4(C)C3CC(O)C12C. The van der Waals surface area contributed by atoms with E-state index < -0.39 is 46.0 Å². The predicted octanol–water partition coefficient (Wildman–Crippen LogP) is 2.37. The number of hydrogen-bond donors (Lipinski definition) is 6. The first-order valence-electron chi connectivity index (χ1n) is 15.0. The summed E-state index contributed by atoms with van der Waals surface area (Å²) in [6, 6.07) is 0. The Hall–Kier alpha value is -0.780. The zero-order chi connectivity index (χ0) is 28.9. The molecule has 0 aromatic rings. The van der Waals surface area contributed by atoms with Crippen LogP contribution in [0.1, 0.15) is 85.5 Å². The lowest BCUT2D eigenvalue weighted by molar-refractivity contribution is -0.207. The Morgan fingerprint density at radius 1 is 1.00 bits per heavy atom. The minimum Gasteiger partial charge on any atom is -0.393 e. The van der Waals surface area contributed by atoms with Gasteiger partial charge in [-0.3, -0.25) is 9.35 Å². The molecule has 0 aromatic heterocycles. The van der Waals surface area contributed by atoms with Crippen LogP contribution in [0.2, 0.25) is 0 Å². The smallest absolute Gasteiger partial charge is 0.266 e. The van der Waals surface area contributed by atoms with Gasteiger partial charge in [-0.15, -0.1) is 0 Å². The van der Waals surface area contributed by atoms with Crippen molar-refractivity contribution in [1.82, 2.24) is 5.32 Å². The highest BCUT2D eigenvalue weighted by Crippen LogP contribution is 2.68. The zero-order valence-corrected chi connectivity index (χ0v) is 24.8. The van der Waals surface area contributed by atoms with Crippen molar-refractivity contribution >= 4 is 16.0 Å². The minimum atomic E-state index is -4.16. The highest BCUT2D eigenvalue weighted by Gasteiger charge is 2.65. The molecule has 4 aliphatic carbocycles. The summed E-state index contributed by atoms with van der Waals surface area (Å²) in [5, 5.41) is 46.6. The van der Waals surface area contributed by atoms with Crippen molar-refractivity contribution in [3.8, 4) is 0 Å². The van der Waals surface area contributed by atoms with Gasteiger partial charge in [0.2, 0.25) is 5.91 Å². The van der Waals surface area contributed by atoms with Gasteiger partial charge in [-0.05, 0) is 104 Å². The van der Waals surface area contributed by atoms with Gasteiger partial charge < -0.3 is 25.7 Å². The third kappa shape index (κ3) is 5.93. The Kier molecular flexibility index (Phi) is 9.17. The van der Waals surface area contributed by atoms with Gasteiger partial charge >= 0.3 is 0 Å². The third-order valence-corrected chi connectivity index (χ3v) is 12.8. The van der Waals surface area contributed by atoms with Crippen LogP contribution in [0.5, 0.6) is 0 Å². The number of carbonyl (C=O) groups is 1. The first kappa shape index (κ1) is 31.2. The number of aliphatic hydroxyl groups is 4. The van der Waals surface area contributed by atoms with Crippen molar-refractivity contribution in [2.45, 2.75) is 110 Å². The Balaban J connectivity index is 1.39. The average molecular weight is 574 g/mol. The highest BCUT2D eigenvalue weighted by molar-refractivity contribution is 7.85. The second-order valence-electron chi connectivity index (χ2n) is 14.0. The van der Waals surface area contributed by atoms with E-state index in [4.69, 9.17) is 4.55 Å². The molecule has 9 nitrogen and oxygen atoms in total. The molecule has 13 unspecified atom stereocenters. The van der Waals surface area contributed by atoms with Crippen LogP contribution in [0.15, 0.2) is 0 Å². The number of rotatable bonds is 9. The van der Waals surface area contributed by atoms with Gasteiger partial charge in [-0.2, -0.15) is 8.42 Å². The molecule has 4 saturated carbocycles. The van der Waals surface area contributed by atoms with Crippen molar-refractivity contribution in [3.05, 3.63) is 0 Å². The minimum absolute atomic E-state index is 0.0390. The van der Waals surface area contributed by atoms with Crippen molar-refractivity contribution in [2.24, 2.45) is 52.3 Å². The van der Waals surface area contributed by atoms with Gasteiger partial charge in [-0.1, -0.05) is 27.7 Å². The Morgan fingerprint density at radius 2 is 1.69 bits per heavy atom. The summed E-state index contributed by atoms with van der Waals surface area (Å²) in [5.41, 5.74) is -0.278. The predicted molar refractivity (Wildman–Crippen MR) is 147 cm³/mol. The van der Waals surface area contributed by atoms with Crippen LogP contribution in [0.4, 0.5) is 0 Å². The first-order chi connectivity index (χ1) is 18.1. The number of aliphatic hydroxyl groups excluding tert-OH is 4. The highest BCUT2D eigenvalue weighted by atomic mass is 32.2. The number of hydrogen-bond acceptors (Lipinski definition) is 7. The fourth-order valence-electron chi connectivity index (χ4n) is 9.66. The molecule has 1 amide bonds. The molecule has 0 saturated heterocycles. The molecule has 4 rings (SSSR count). The van der Waals surface area contributed by atoms with E-state index in [1.807, 2.05) is 0 Å². The molecule has 0 radical (unpaired) electrons. The first-order valence-corrected chi connectivity index (χ1v) is 16.7. The standard InChI is InChI=1S/C29H51NO8S/c1-16(5-8-23(32)17(2)27(35)30-11-12-39(36,37)38)20-6-7-21-26-22(15-25(34)29(20,21)4)28(3)10-9-19(31)13-18(28)14-24(26)33/h16-26,31-34H,5-15H2,1-4H3,(H,30,35)(H,36,37,38). The summed E-state index contributed by atoms with van der Waals surface area (Å²) < 4.78 is 30.6. The number of amides is 1. The maximum atomic E-state index is 12.3. The van der Waals surface area contributed by atoms with Crippen LogP contribution < -0.4 is 5.32 Å². The number of fused-ring (bicyclic) bond motifs is 5. The van der Waals surface area contributed by atoms with E-state index in [-0.39, 0.29) is 53.1 Å². The van der Waals surface area contributed by atoms with Gasteiger partial charge in [-0.25, -0.2) is 0 Å². The molecule has 0 aromatic carbocycles. The summed E-state index contributed by atoms with van der Waals surface area (Å²) in [7, 11) is -4.16. The second-order valence-corrected chi connectivity index (χ2v) is 15.6. The third-order valence-electron chi connectivity index (χ3n) is 12.1. The topological polar surface area (TPSA) is 164 Å². The van der Waals surface area contributed by atoms with Crippen molar-refractivity contribution in [3.63, 3.8) is 0 Å². The number of nitrogens with one attached hydrogen (secondary N) is 1. The normalized spacial score (nSPS) is 44.4. The molecule has 6 N–H and O–H groups in total. The molecular formula is C29H51NO8S. The van der Waals surface area contributed by atoms with E-state index in [0.29, 0.717) is 25.2 Å². The van der Waals surface area contributed by atoms with E-state index >= 15 is 0 Å². The van der Waals surface area contributed by atoms with Crippen molar-refractivity contribution in [2.75, 3.05) is 12.3 Å². The van der Waals surface area contributed by atoms with Crippen LogP contribution in [0.25, 0.3) is 0 Å². The molecule has 13 atom stereocenters. The van der Waals surface area contributed by atoms with Gasteiger partial charge in [0.15, 0.2) is 0 Å². The van der Waals surface area contributed by atoms with Gasteiger partial charge in [0.05, 0.1) is 36.1 Å². The van der Waals surface area contributed by atoms with Crippen LogP contribution in [0.3, 0.4) is 0 Å². The van der Waals surface area contributed by atoms with Gasteiger partial charge in [0.25, 0.3) is 10.1 Å². The van der Waals surface area contributed by atoms with Gasteiger partial charge in [0.1, 0.15) is 0 Å². The maximum Gasteiger partial charge on any atom is 0.266 e. The Morgan fingerprint density at radius 3 is 2.36 bits per heavy atom. The lowest BCUT2D eigenvalue weighted by Gasteiger charge is -2.63. The summed E-state index contributed by atoms with van der Waals surface area (Å²) in [6.07, 6.45) is 4.89. The van der Waals surface area contributed by atoms with Crippen LogP contribution in [-0.2, 0) is 14.9 Å². The lowest BCUT2D eigenvalue weighted by atomic mass is 9.43. The van der Waals surface area contributed by atoms with E-state index in [2.05, 4.69) is 26.1 Å². The van der Waals surface area contributed by atoms with E-state index in [1.165, 1.54) is 0 Å². The molecule has 39 heavy (non-hydrogen) atoms. The van der Waals surface area contributed by atoms with E-state index in [9.17, 15) is 33.6 Å². The maximum absolute atomic E-state index is 12.3. The van der Waals surface area contributed by atoms with E-state index in [0.717, 1.165) is 38.5 Å². The summed E-state index contributed by atoms with van der Waals surface area (Å²) in [4.78, 5) is 12.3. The Bertz CT molecular complexity index is 992. The molecule has 0 heterocycles. The fourth-order valence-corrected chi connectivity index (χ4v) is 10.0. The monoisotopic (exact) mass is 573 g/mol. The molecule has 0 spiro atoms. The average Bonchev–Trinajstić information content (AvgIpc) is 3.21. The lowest BCUT2D eigenvalue weighted by Crippen LogP contribution is -2.62. The van der Waals surface area contributed by atoms with Crippen LogP contribution in [-0.4, -0.2) is 76.0 Å². The quantitative estimate of drug-likeness (QED) is 0.229. The summed E-state index contributed by atoms with van der Waals surface area (Å²) >= 11 is 0. The van der Waals surface area contributed by atoms with Crippen LogP contribution in [0, 0.1) is 52.3 Å². The Labute approximate surface area is 233 Å². The van der Waals surface area contributed by atoms with Crippen molar-refractivity contribution < 1.29 is 38.2 Å². The second kappa shape index (κ2) is 11.5. The molecule has 4 aliphatic rings.